The van der Waals surface area contributed by atoms with E-state index in [4.69, 9.17) is 4.74 Å². The Balaban J connectivity index is 2.43. The molecule has 0 aliphatic carbocycles. The number of para-hydroxylation sites is 1. The normalized spacial score (nSPS) is 10.2. The Morgan fingerprint density at radius 3 is 2.08 bits per heavy atom. The zero-order chi connectivity index (χ0) is 17.7. The molecule has 5 nitrogen and oxygen atoms in total. The van der Waals surface area contributed by atoms with Crippen LogP contribution in [-0.2, 0) is 16.0 Å². The van der Waals surface area contributed by atoms with Crippen molar-refractivity contribution in [2.24, 2.45) is 0 Å². The second-order valence-electron chi connectivity index (χ2n) is 5.60. The zero-order valence-electron chi connectivity index (χ0n) is 14.4. The van der Waals surface area contributed by atoms with E-state index in [1.165, 1.54) is 24.2 Å². The monoisotopic (exact) mass is 326 g/mol. The van der Waals surface area contributed by atoms with Gasteiger partial charge >= 0.3 is 6.09 Å². The fourth-order valence-corrected chi connectivity index (χ4v) is 2.64. The van der Waals surface area contributed by atoms with Crippen molar-refractivity contribution in [3.8, 4) is 0 Å². The highest BCUT2D eigenvalue weighted by Crippen LogP contribution is 2.26. The summed E-state index contributed by atoms with van der Waals surface area (Å²) < 4.78 is 4.79. The molecule has 24 heavy (non-hydrogen) atoms. The number of benzene rings is 2. The molecular formula is C19H22N2O3. The Bertz CT molecular complexity index is 708. The minimum absolute atomic E-state index is 0.190. The molecular weight excluding hydrogens is 304 g/mol. The lowest BCUT2D eigenvalue weighted by molar-refractivity contribution is -0.120. The Morgan fingerprint density at radius 2 is 1.54 bits per heavy atom. The van der Waals surface area contributed by atoms with Crippen LogP contribution >= 0.6 is 0 Å². The maximum absolute atomic E-state index is 13.0. The fraction of sp³-hybridized carbons (Fsp3) is 0.263. The van der Waals surface area contributed by atoms with Crippen LogP contribution in [0.5, 0.6) is 0 Å². The maximum atomic E-state index is 13.0. The Labute approximate surface area is 142 Å². The van der Waals surface area contributed by atoms with Gasteiger partial charge in [-0.2, -0.15) is 0 Å². The number of aryl methyl sites for hydroxylation is 2. The molecule has 0 N–H and O–H groups in total. The van der Waals surface area contributed by atoms with Crippen LogP contribution in [0.3, 0.4) is 0 Å². The van der Waals surface area contributed by atoms with Crippen LogP contribution in [0.1, 0.15) is 16.7 Å². The van der Waals surface area contributed by atoms with Crippen LogP contribution in [0.4, 0.5) is 10.5 Å². The van der Waals surface area contributed by atoms with Crippen LogP contribution in [0.2, 0.25) is 0 Å². The van der Waals surface area contributed by atoms with Crippen molar-refractivity contribution in [3.63, 3.8) is 0 Å². The fourth-order valence-electron chi connectivity index (χ4n) is 2.64. The van der Waals surface area contributed by atoms with Gasteiger partial charge in [0.25, 0.3) is 0 Å². The first-order valence-electron chi connectivity index (χ1n) is 7.70. The van der Waals surface area contributed by atoms with E-state index < -0.39 is 6.09 Å². The second-order valence-corrected chi connectivity index (χ2v) is 5.60. The number of amides is 2. The van der Waals surface area contributed by atoms with Crippen molar-refractivity contribution in [2.45, 2.75) is 20.3 Å². The van der Waals surface area contributed by atoms with E-state index in [0.717, 1.165) is 16.7 Å². The molecule has 0 atom stereocenters. The van der Waals surface area contributed by atoms with E-state index >= 15 is 0 Å². The Morgan fingerprint density at radius 1 is 0.958 bits per heavy atom. The molecule has 2 rings (SSSR count). The average molecular weight is 326 g/mol. The van der Waals surface area contributed by atoms with Gasteiger partial charge in [-0.15, -0.1) is 0 Å². The molecule has 5 heteroatoms. The third kappa shape index (κ3) is 3.74. The molecule has 0 saturated heterocycles. The van der Waals surface area contributed by atoms with Crippen molar-refractivity contribution in [1.29, 1.82) is 0 Å². The molecule has 0 fully saturated rings. The predicted octanol–water partition coefficient (Wildman–Crippen LogP) is 3.49. The zero-order valence-corrected chi connectivity index (χ0v) is 14.4. The van der Waals surface area contributed by atoms with Gasteiger partial charge in [0.15, 0.2) is 0 Å². The van der Waals surface area contributed by atoms with Gasteiger partial charge in [-0.25, -0.2) is 14.8 Å². The number of carbonyl (C=O) groups excluding carboxylic acids is 2. The molecule has 2 aromatic rings. The van der Waals surface area contributed by atoms with Crippen LogP contribution in [0.15, 0.2) is 48.5 Å². The third-order valence-corrected chi connectivity index (χ3v) is 3.82. The topological polar surface area (TPSA) is 49.9 Å². The maximum Gasteiger partial charge on any atom is 0.428 e. The standard InChI is InChI=1S/C19H22N2O3/c1-14-9-8-10-15(2)18(14)21(20(3)19(23)24-4)17(22)13-16-11-6-5-7-12-16/h5-12H,13H2,1-4H3. The smallest absolute Gasteiger partial charge is 0.428 e. The van der Waals surface area contributed by atoms with Gasteiger partial charge in [0.1, 0.15) is 0 Å². The highest BCUT2D eigenvalue weighted by atomic mass is 16.5. The molecule has 126 valence electrons. The number of hydrogen-bond acceptors (Lipinski definition) is 3. The summed E-state index contributed by atoms with van der Waals surface area (Å²) in [4.78, 5) is 25.0. The largest absolute Gasteiger partial charge is 0.452 e. The molecule has 0 aliphatic rings. The average Bonchev–Trinajstić information content (AvgIpc) is 2.57. The van der Waals surface area contributed by atoms with Crippen LogP contribution < -0.4 is 5.01 Å². The summed E-state index contributed by atoms with van der Waals surface area (Å²) in [6.45, 7) is 3.83. The lowest BCUT2D eigenvalue weighted by Gasteiger charge is -2.33. The summed E-state index contributed by atoms with van der Waals surface area (Å²) in [5.74, 6) is -0.202. The molecule has 0 aromatic heterocycles. The first-order chi connectivity index (χ1) is 11.5. The Hall–Kier alpha value is -2.82. The summed E-state index contributed by atoms with van der Waals surface area (Å²) in [5.41, 5.74) is 3.41. The SMILES string of the molecule is COC(=O)N(C)N(C(=O)Cc1ccccc1)c1c(C)cccc1C. The van der Waals surface area contributed by atoms with Gasteiger partial charge in [-0.05, 0) is 30.5 Å². The number of hydrogen-bond donors (Lipinski definition) is 0. The molecule has 0 bridgehead atoms. The first-order valence-corrected chi connectivity index (χ1v) is 7.70. The van der Waals surface area contributed by atoms with Crippen LogP contribution in [-0.4, -0.2) is 31.2 Å². The summed E-state index contributed by atoms with van der Waals surface area (Å²) in [6, 6.07) is 15.2. The molecule has 2 amide bonds. The second kappa shape index (κ2) is 7.64. The lowest BCUT2D eigenvalue weighted by Crippen LogP contribution is -2.49. The number of ether oxygens (including phenoxy) is 1. The quantitative estimate of drug-likeness (QED) is 0.811. The number of methoxy groups -OCH3 is 1. The summed E-state index contributed by atoms with van der Waals surface area (Å²) in [5, 5.41) is 2.60. The van der Waals surface area contributed by atoms with Crippen molar-refractivity contribution in [1.82, 2.24) is 5.01 Å². The van der Waals surface area contributed by atoms with E-state index in [-0.39, 0.29) is 12.3 Å². The van der Waals surface area contributed by atoms with E-state index in [1.807, 2.05) is 62.4 Å². The van der Waals surface area contributed by atoms with Gasteiger partial charge in [0.05, 0.1) is 19.2 Å². The highest BCUT2D eigenvalue weighted by molar-refractivity contribution is 5.97. The molecule has 0 radical (unpaired) electrons. The number of nitrogens with zero attached hydrogens (tertiary/aromatic N) is 2. The molecule has 0 heterocycles. The van der Waals surface area contributed by atoms with Gasteiger partial charge < -0.3 is 4.74 Å². The Kier molecular flexibility index (Phi) is 5.58. The molecule has 0 saturated carbocycles. The molecule has 0 unspecified atom stereocenters. The number of anilines is 1. The highest BCUT2D eigenvalue weighted by Gasteiger charge is 2.27. The van der Waals surface area contributed by atoms with E-state index in [2.05, 4.69) is 0 Å². The number of carbonyl (C=O) groups is 2. The van der Waals surface area contributed by atoms with E-state index in [1.54, 1.807) is 0 Å². The summed E-state index contributed by atoms with van der Waals surface area (Å²) in [6.07, 6.45) is -0.408. The van der Waals surface area contributed by atoms with Crippen molar-refractivity contribution in [2.75, 3.05) is 19.2 Å². The molecule has 0 spiro atoms. The summed E-state index contributed by atoms with van der Waals surface area (Å²) >= 11 is 0. The summed E-state index contributed by atoms with van der Waals surface area (Å²) in [7, 11) is 2.82. The molecule has 2 aromatic carbocycles. The molecule has 0 aliphatic heterocycles. The van der Waals surface area contributed by atoms with Crippen molar-refractivity contribution < 1.29 is 14.3 Å². The van der Waals surface area contributed by atoms with Crippen LogP contribution in [0.25, 0.3) is 0 Å². The number of rotatable bonds is 3. The van der Waals surface area contributed by atoms with Crippen molar-refractivity contribution >= 4 is 17.7 Å². The lowest BCUT2D eigenvalue weighted by atomic mass is 10.1. The van der Waals surface area contributed by atoms with Gasteiger partial charge in [-0.1, -0.05) is 48.5 Å². The van der Waals surface area contributed by atoms with Gasteiger partial charge in [0.2, 0.25) is 5.91 Å². The third-order valence-electron chi connectivity index (χ3n) is 3.82. The van der Waals surface area contributed by atoms with Crippen LogP contribution in [0, 0.1) is 13.8 Å². The van der Waals surface area contributed by atoms with Gasteiger partial charge in [0, 0.05) is 7.05 Å². The minimum atomic E-state index is -0.598. The predicted molar refractivity (Wildman–Crippen MR) is 93.7 cm³/mol. The van der Waals surface area contributed by atoms with E-state index in [0.29, 0.717) is 5.69 Å². The van der Waals surface area contributed by atoms with E-state index in [9.17, 15) is 9.59 Å². The first kappa shape index (κ1) is 17.5. The van der Waals surface area contributed by atoms with Crippen molar-refractivity contribution in [3.05, 3.63) is 65.2 Å². The minimum Gasteiger partial charge on any atom is -0.452 e. The van der Waals surface area contributed by atoms with Gasteiger partial charge in [-0.3, -0.25) is 4.79 Å². The number of hydrazine groups is 1.